The van der Waals surface area contributed by atoms with Crippen molar-refractivity contribution < 1.29 is 14.6 Å². The van der Waals surface area contributed by atoms with Crippen LogP contribution in [0.15, 0.2) is 42.5 Å². The highest BCUT2D eigenvalue weighted by atomic mass is 35.5. The molecule has 2 aromatic rings. The van der Waals surface area contributed by atoms with E-state index in [1.54, 1.807) is 0 Å². The van der Waals surface area contributed by atoms with Gasteiger partial charge >= 0.3 is 0 Å². The van der Waals surface area contributed by atoms with Crippen molar-refractivity contribution in [2.45, 2.75) is 0 Å². The lowest BCUT2D eigenvalue weighted by Gasteiger charge is -2.31. The molecule has 1 saturated heterocycles. The van der Waals surface area contributed by atoms with E-state index in [0.29, 0.717) is 5.69 Å². The average Bonchev–Trinajstić information content (AvgIpc) is 2.63. The zero-order chi connectivity index (χ0) is 18.7. The standard InChI is InChI=1S/C18H19ClN4O3/c1-21-8-10-22(11-9-21)14-4-2-13(3-5-14)20-18(24)16-7-6-15(23(25)26)12-17(16)19/h2-7,12H,8-11H2,1H3,(H,20,24)/p+1. The van der Waals surface area contributed by atoms with Gasteiger partial charge in [-0.1, -0.05) is 11.6 Å². The first-order chi connectivity index (χ1) is 12.4. The summed E-state index contributed by atoms with van der Waals surface area (Å²) in [6, 6.07) is 11.4. The number of quaternary nitrogens is 1. The molecule has 0 aliphatic carbocycles. The van der Waals surface area contributed by atoms with Crippen LogP contribution in [0.5, 0.6) is 0 Å². The first-order valence-corrected chi connectivity index (χ1v) is 8.73. The number of halogens is 1. The summed E-state index contributed by atoms with van der Waals surface area (Å²) in [7, 11) is 2.19. The van der Waals surface area contributed by atoms with E-state index in [4.69, 9.17) is 11.6 Å². The molecule has 1 aliphatic rings. The summed E-state index contributed by atoms with van der Waals surface area (Å²) in [6.07, 6.45) is 0. The highest BCUT2D eigenvalue weighted by Crippen LogP contribution is 2.24. The Morgan fingerprint density at radius 1 is 1.19 bits per heavy atom. The van der Waals surface area contributed by atoms with Crippen LogP contribution in [0, 0.1) is 10.1 Å². The molecule has 2 aromatic carbocycles. The summed E-state index contributed by atoms with van der Waals surface area (Å²) < 4.78 is 0. The first kappa shape index (κ1) is 18.2. The number of nitrogens with zero attached hydrogens (tertiary/aromatic N) is 2. The van der Waals surface area contributed by atoms with Gasteiger partial charge in [-0.05, 0) is 30.3 Å². The first-order valence-electron chi connectivity index (χ1n) is 8.35. The maximum absolute atomic E-state index is 12.4. The number of hydrogen-bond donors (Lipinski definition) is 2. The van der Waals surface area contributed by atoms with Gasteiger partial charge in [0.1, 0.15) is 0 Å². The molecule has 1 heterocycles. The SMILES string of the molecule is C[NH+]1CCN(c2ccc(NC(=O)c3ccc([N+](=O)[O-])cc3Cl)cc2)CC1. The van der Waals surface area contributed by atoms with E-state index in [2.05, 4.69) is 17.3 Å². The van der Waals surface area contributed by atoms with E-state index in [-0.39, 0.29) is 16.3 Å². The molecule has 3 rings (SSSR count). The summed E-state index contributed by atoms with van der Waals surface area (Å²) in [6.45, 7) is 4.24. The van der Waals surface area contributed by atoms with Gasteiger partial charge in [0.2, 0.25) is 0 Å². The summed E-state index contributed by atoms with van der Waals surface area (Å²) in [4.78, 5) is 26.4. The predicted octanol–water partition coefficient (Wildman–Crippen LogP) is 1.84. The molecule has 1 aliphatic heterocycles. The number of piperazine rings is 1. The van der Waals surface area contributed by atoms with Crippen LogP contribution >= 0.6 is 11.6 Å². The Kier molecular flexibility index (Phi) is 5.39. The molecular weight excluding hydrogens is 356 g/mol. The van der Waals surface area contributed by atoms with Gasteiger partial charge in [-0.3, -0.25) is 14.9 Å². The van der Waals surface area contributed by atoms with Crippen LogP contribution in [0.3, 0.4) is 0 Å². The Morgan fingerprint density at radius 2 is 1.85 bits per heavy atom. The molecule has 1 amide bonds. The van der Waals surface area contributed by atoms with Gasteiger partial charge in [0.15, 0.2) is 0 Å². The third-order valence-electron chi connectivity index (χ3n) is 4.52. The molecule has 1 fully saturated rings. The zero-order valence-electron chi connectivity index (χ0n) is 14.4. The Morgan fingerprint density at radius 3 is 2.42 bits per heavy atom. The number of benzene rings is 2. The smallest absolute Gasteiger partial charge is 0.270 e. The van der Waals surface area contributed by atoms with Gasteiger partial charge in [-0.15, -0.1) is 0 Å². The normalized spacial score (nSPS) is 14.9. The van der Waals surface area contributed by atoms with Crippen LogP contribution in [0.4, 0.5) is 17.1 Å². The molecule has 0 unspecified atom stereocenters. The lowest BCUT2D eigenvalue weighted by molar-refractivity contribution is -0.880. The van der Waals surface area contributed by atoms with Gasteiger partial charge in [0.25, 0.3) is 11.6 Å². The highest BCUT2D eigenvalue weighted by molar-refractivity contribution is 6.34. The number of non-ortho nitro benzene ring substituents is 1. The van der Waals surface area contributed by atoms with Gasteiger partial charge in [-0.2, -0.15) is 0 Å². The van der Waals surface area contributed by atoms with Crippen LogP contribution in [0.1, 0.15) is 10.4 Å². The number of nitro groups is 1. The maximum atomic E-state index is 12.4. The topological polar surface area (TPSA) is 79.9 Å². The summed E-state index contributed by atoms with van der Waals surface area (Å²) in [5, 5.41) is 13.6. The Hall–Kier alpha value is -2.64. The molecule has 0 radical (unpaired) electrons. The third-order valence-corrected chi connectivity index (χ3v) is 4.83. The van der Waals surface area contributed by atoms with Crippen molar-refractivity contribution in [2.24, 2.45) is 0 Å². The zero-order valence-corrected chi connectivity index (χ0v) is 15.1. The van der Waals surface area contributed by atoms with E-state index in [1.165, 1.54) is 23.1 Å². The molecule has 7 nitrogen and oxygen atoms in total. The van der Waals surface area contributed by atoms with Crippen molar-refractivity contribution in [3.8, 4) is 0 Å². The van der Waals surface area contributed by atoms with Crippen LogP contribution in [-0.4, -0.2) is 44.1 Å². The van der Waals surface area contributed by atoms with Crippen molar-refractivity contribution in [1.29, 1.82) is 0 Å². The fourth-order valence-corrected chi connectivity index (χ4v) is 3.16. The molecule has 0 spiro atoms. The van der Waals surface area contributed by atoms with Crippen molar-refractivity contribution in [2.75, 3.05) is 43.4 Å². The number of amides is 1. The molecule has 8 heteroatoms. The second kappa shape index (κ2) is 7.72. The van der Waals surface area contributed by atoms with Crippen molar-refractivity contribution in [3.05, 3.63) is 63.2 Å². The minimum atomic E-state index is -0.549. The van der Waals surface area contributed by atoms with Gasteiger partial charge in [-0.25, -0.2) is 0 Å². The van der Waals surface area contributed by atoms with E-state index in [9.17, 15) is 14.9 Å². The fourth-order valence-electron chi connectivity index (χ4n) is 2.90. The predicted molar refractivity (Wildman–Crippen MR) is 101 cm³/mol. The number of carbonyl (C=O) groups is 1. The molecule has 0 aromatic heterocycles. The lowest BCUT2D eigenvalue weighted by atomic mass is 10.1. The number of carbonyl (C=O) groups excluding carboxylic acids is 1. The van der Waals surface area contributed by atoms with Crippen LogP contribution in [0.2, 0.25) is 5.02 Å². The number of hydrogen-bond acceptors (Lipinski definition) is 4. The largest absolute Gasteiger partial charge is 0.360 e. The van der Waals surface area contributed by atoms with E-state index >= 15 is 0 Å². The monoisotopic (exact) mass is 375 g/mol. The number of rotatable bonds is 4. The Bertz CT molecular complexity index is 818. The quantitative estimate of drug-likeness (QED) is 0.631. The third kappa shape index (κ3) is 4.12. The molecular formula is C18H20ClN4O3+. The molecule has 26 heavy (non-hydrogen) atoms. The Labute approximate surface area is 156 Å². The highest BCUT2D eigenvalue weighted by Gasteiger charge is 2.18. The van der Waals surface area contributed by atoms with Crippen molar-refractivity contribution >= 4 is 34.6 Å². The number of nitro benzene ring substituents is 1. The van der Waals surface area contributed by atoms with E-state index in [0.717, 1.165) is 31.9 Å². The molecule has 0 atom stereocenters. The number of likely N-dealkylation sites (N-methyl/N-ethyl adjacent to an activating group) is 1. The second-order valence-corrected chi connectivity index (χ2v) is 6.77. The van der Waals surface area contributed by atoms with Gasteiger partial charge in [0, 0.05) is 23.5 Å². The maximum Gasteiger partial charge on any atom is 0.270 e. The van der Waals surface area contributed by atoms with E-state index < -0.39 is 10.8 Å². The molecule has 2 N–H and O–H groups in total. The van der Waals surface area contributed by atoms with Crippen molar-refractivity contribution in [1.82, 2.24) is 0 Å². The van der Waals surface area contributed by atoms with Gasteiger partial charge in [0.05, 0.1) is 48.7 Å². The summed E-state index contributed by atoms with van der Waals surface area (Å²) in [5.74, 6) is -0.402. The average molecular weight is 376 g/mol. The summed E-state index contributed by atoms with van der Waals surface area (Å²) >= 11 is 6.00. The van der Waals surface area contributed by atoms with E-state index in [1.807, 2.05) is 24.3 Å². The van der Waals surface area contributed by atoms with Crippen LogP contribution in [0.25, 0.3) is 0 Å². The Balaban J connectivity index is 1.67. The van der Waals surface area contributed by atoms with Gasteiger partial charge < -0.3 is 15.1 Å². The molecule has 136 valence electrons. The van der Waals surface area contributed by atoms with Crippen LogP contribution in [-0.2, 0) is 0 Å². The van der Waals surface area contributed by atoms with Crippen molar-refractivity contribution in [3.63, 3.8) is 0 Å². The minimum Gasteiger partial charge on any atom is -0.360 e. The minimum absolute atomic E-state index is 0.0493. The summed E-state index contributed by atoms with van der Waals surface area (Å²) in [5.41, 5.74) is 1.82. The molecule has 0 saturated carbocycles. The fraction of sp³-hybridized carbons (Fsp3) is 0.278. The number of anilines is 2. The number of nitrogens with one attached hydrogen (secondary N) is 2. The lowest BCUT2D eigenvalue weighted by Crippen LogP contribution is -3.12. The second-order valence-electron chi connectivity index (χ2n) is 6.37. The molecule has 0 bridgehead atoms. The van der Waals surface area contributed by atoms with Crippen LogP contribution < -0.4 is 15.1 Å².